The second kappa shape index (κ2) is 6.32. The van der Waals surface area contributed by atoms with Gasteiger partial charge in [-0.05, 0) is 43.9 Å². The Morgan fingerprint density at radius 2 is 2.00 bits per heavy atom. The molecule has 0 aromatic heterocycles. The summed E-state index contributed by atoms with van der Waals surface area (Å²) in [7, 11) is -1.51. The van der Waals surface area contributed by atoms with Crippen molar-refractivity contribution >= 4 is 29.8 Å². The number of ether oxygens (including phenoxy) is 1. The molecule has 19 heavy (non-hydrogen) atoms. The second-order valence-electron chi connectivity index (χ2n) is 4.96. The number of methoxy groups -OCH3 is 1. The SMILES string of the molecule is COc1ccc(B(O)O)c(/C=N/[S@@](=O)C(C)(C)C)c1. The minimum Gasteiger partial charge on any atom is -0.497 e. The first-order chi connectivity index (χ1) is 8.75. The van der Waals surface area contributed by atoms with E-state index in [4.69, 9.17) is 4.74 Å². The van der Waals surface area contributed by atoms with Gasteiger partial charge in [0.25, 0.3) is 0 Å². The van der Waals surface area contributed by atoms with Gasteiger partial charge in [-0.25, -0.2) is 4.21 Å². The first kappa shape index (κ1) is 15.9. The van der Waals surface area contributed by atoms with Crippen molar-refractivity contribution in [2.45, 2.75) is 25.5 Å². The third-order valence-electron chi connectivity index (χ3n) is 2.38. The van der Waals surface area contributed by atoms with Crippen LogP contribution in [0.4, 0.5) is 0 Å². The average molecular weight is 283 g/mol. The third kappa shape index (κ3) is 4.45. The van der Waals surface area contributed by atoms with Gasteiger partial charge in [0.15, 0.2) is 0 Å². The minimum atomic E-state index is -1.62. The van der Waals surface area contributed by atoms with Gasteiger partial charge < -0.3 is 14.8 Å². The predicted octanol–water partition coefficient (Wildman–Crippen LogP) is 0.256. The number of rotatable bonds is 4. The summed E-state index contributed by atoms with van der Waals surface area (Å²) in [5.41, 5.74) is 0.752. The highest BCUT2D eigenvalue weighted by Crippen LogP contribution is 2.13. The van der Waals surface area contributed by atoms with Crippen LogP contribution in [0.2, 0.25) is 0 Å². The van der Waals surface area contributed by atoms with E-state index in [0.29, 0.717) is 11.3 Å². The normalized spacial score (nSPS) is 13.6. The summed E-state index contributed by atoms with van der Waals surface area (Å²) in [6.45, 7) is 5.44. The van der Waals surface area contributed by atoms with Crippen molar-refractivity contribution in [3.63, 3.8) is 0 Å². The van der Waals surface area contributed by atoms with Crippen LogP contribution < -0.4 is 10.2 Å². The van der Waals surface area contributed by atoms with E-state index in [0.717, 1.165) is 0 Å². The summed E-state index contributed by atoms with van der Waals surface area (Å²) in [6.07, 6.45) is 1.37. The maximum Gasteiger partial charge on any atom is 0.489 e. The van der Waals surface area contributed by atoms with Crippen molar-refractivity contribution in [1.82, 2.24) is 0 Å². The van der Waals surface area contributed by atoms with E-state index in [2.05, 4.69) is 4.40 Å². The van der Waals surface area contributed by atoms with Crippen LogP contribution >= 0.6 is 0 Å². The van der Waals surface area contributed by atoms with Gasteiger partial charge >= 0.3 is 7.12 Å². The zero-order valence-corrected chi connectivity index (χ0v) is 12.3. The van der Waals surface area contributed by atoms with Crippen LogP contribution in [0.25, 0.3) is 0 Å². The highest BCUT2D eigenvalue weighted by Gasteiger charge is 2.19. The molecule has 0 saturated heterocycles. The molecule has 0 aliphatic heterocycles. The Labute approximate surface area is 116 Å². The van der Waals surface area contributed by atoms with Gasteiger partial charge in [-0.1, -0.05) is 6.07 Å². The zero-order valence-electron chi connectivity index (χ0n) is 11.5. The third-order valence-corrected chi connectivity index (χ3v) is 3.73. The van der Waals surface area contributed by atoms with Crippen LogP contribution in [0.1, 0.15) is 26.3 Å². The van der Waals surface area contributed by atoms with Crippen molar-refractivity contribution in [3.8, 4) is 5.75 Å². The molecule has 0 radical (unpaired) electrons. The largest absolute Gasteiger partial charge is 0.497 e. The van der Waals surface area contributed by atoms with Crippen molar-refractivity contribution in [2.75, 3.05) is 7.11 Å². The van der Waals surface area contributed by atoms with Crippen molar-refractivity contribution < 1.29 is 19.0 Å². The monoisotopic (exact) mass is 283 g/mol. The summed E-state index contributed by atoms with van der Waals surface area (Å²) < 4.78 is 20.4. The Morgan fingerprint density at radius 1 is 1.37 bits per heavy atom. The Hall–Kier alpha value is -1.18. The molecule has 5 nitrogen and oxygen atoms in total. The van der Waals surface area contributed by atoms with Crippen LogP contribution in [0.5, 0.6) is 5.75 Å². The fourth-order valence-electron chi connectivity index (χ4n) is 1.29. The number of hydrogen-bond acceptors (Lipinski definition) is 4. The molecule has 1 aromatic rings. The van der Waals surface area contributed by atoms with E-state index in [9.17, 15) is 14.3 Å². The van der Waals surface area contributed by atoms with Crippen LogP contribution in [0.15, 0.2) is 22.6 Å². The number of hydrogen-bond donors (Lipinski definition) is 2. The standard InChI is InChI=1S/C12H18BNO4S/c1-12(2,3)19(17)14-8-9-7-10(18-4)5-6-11(9)13(15)16/h5-8,15-16H,1-4H3/b14-8+/t19-/m0/s1. The highest BCUT2D eigenvalue weighted by molar-refractivity contribution is 7.85. The zero-order chi connectivity index (χ0) is 14.6. The maximum absolute atomic E-state index is 11.8. The lowest BCUT2D eigenvalue weighted by Crippen LogP contribution is -2.33. The minimum absolute atomic E-state index is 0.287. The average Bonchev–Trinajstić information content (AvgIpc) is 2.33. The lowest BCUT2D eigenvalue weighted by atomic mass is 9.77. The van der Waals surface area contributed by atoms with E-state index in [1.807, 2.05) is 20.8 Å². The summed E-state index contributed by atoms with van der Waals surface area (Å²) in [5.74, 6) is 0.562. The Kier molecular flexibility index (Phi) is 5.28. The molecule has 104 valence electrons. The molecule has 1 rings (SSSR count). The van der Waals surface area contributed by atoms with Crippen LogP contribution in [0, 0.1) is 0 Å². The van der Waals surface area contributed by atoms with Gasteiger partial charge in [-0.15, -0.1) is 0 Å². The van der Waals surface area contributed by atoms with Crippen molar-refractivity contribution in [2.24, 2.45) is 4.40 Å². The van der Waals surface area contributed by atoms with Gasteiger partial charge in [-0.2, -0.15) is 4.40 Å². The molecule has 0 aliphatic carbocycles. The molecule has 2 N–H and O–H groups in total. The van der Waals surface area contributed by atoms with Gasteiger partial charge in [0.2, 0.25) is 0 Å². The van der Waals surface area contributed by atoms with Crippen molar-refractivity contribution in [1.29, 1.82) is 0 Å². The Morgan fingerprint density at radius 3 is 2.47 bits per heavy atom. The van der Waals surface area contributed by atoms with Crippen LogP contribution in [-0.4, -0.2) is 39.4 Å². The maximum atomic E-state index is 11.8. The van der Waals surface area contributed by atoms with Crippen LogP contribution in [0.3, 0.4) is 0 Å². The molecular weight excluding hydrogens is 265 g/mol. The lowest BCUT2D eigenvalue weighted by molar-refractivity contribution is 0.414. The van der Waals surface area contributed by atoms with E-state index in [1.54, 1.807) is 12.1 Å². The van der Waals surface area contributed by atoms with E-state index >= 15 is 0 Å². The summed E-state index contributed by atoms with van der Waals surface area (Å²) in [5, 5.41) is 18.5. The van der Waals surface area contributed by atoms with E-state index in [1.165, 1.54) is 19.4 Å². The molecule has 0 heterocycles. The topological polar surface area (TPSA) is 79.1 Å². The van der Waals surface area contributed by atoms with E-state index < -0.39 is 22.9 Å². The Bertz CT molecular complexity index is 497. The predicted molar refractivity (Wildman–Crippen MR) is 78.3 cm³/mol. The fourth-order valence-corrected chi connectivity index (χ4v) is 1.82. The van der Waals surface area contributed by atoms with Gasteiger partial charge in [0.1, 0.15) is 16.7 Å². The molecule has 0 unspecified atom stereocenters. The first-order valence-electron chi connectivity index (χ1n) is 5.76. The highest BCUT2D eigenvalue weighted by atomic mass is 32.2. The van der Waals surface area contributed by atoms with Crippen molar-refractivity contribution in [3.05, 3.63) is 23.8 Å². The summed E-state index contributed by atoms with van der Waals surface area (Å²) in [6, 6.07) is 4.76. The summed E-state index contributed by atoms with van der Waals surface area (Å²) in [4.78, 5) is 0. The number of benzene rings is 1. The van der Waals surface area contributed by atoms with Crippen LogP contribution in [-0.2, 0) is 11.0 Å². The van der Waals surface area contributed by atoms with Gasteiger partial charge in [-0.3, -0.25) is 0 Å². The first-order valence-corrected chi connectivity index (χ1v) is 6.86. The van der Waals surface area contributed by atoms with Gasteiger partial charge in [0.05, 0.1) is 11.9 Å². The molecule has 0 bridgehead atoms. The quantitative estimate of drug-likeness (QED) is 0.613. The lowest BCUT2D eigenvalue weighted by Gasteiger charge is -2.13. The second-order valence-corrected chi connectivity index (χ2v) is 6.90. The molecule has 0 aliphatic rings. The molecular formula is C12H18BNO4S. The smallest absolute Gasteiger partial charge is 0.489 e. The van der Waals surface area contributed by atoms with E-state index in [-0.39, 0.29) is 5.46 Å². The summed E-state index contributed by atoms with van der Waals surface area (Å²) >= 11 is 0. The molecule has 0 fully saturated rings. The molecule has 7 heteroatoms. The van der Waals surface area contributed by atoms with Gasteiger partial charge in [0, 0.05) is 6.21 Å². The fraction of sp³-hybridized carbons (Fsp3) is 0.417. The molecule has 1 atom stereocenters. The molecule has 0 saturated carbocycles. The Balaban J connectivity index is 3.11. The molecule has 0 amide bonds. The molecule has 1 aromatic carbocycles. The molecule has 0 spiro atoms. The number of nitrogens with zero attached hydrogens (tertiary/aromatic N) is 1.